The minimum atomic E-state index is -2.16. The fraction of sp³-hybridized carbons (Fsp3) is 0.154. The molecule has 0 N–H and O–H groups in total. The van der Waals surface area contributed by atoms with Gasteiger partial charge in [-0.2, -0.15) is 44.6 Å². The molecule has 8 nitrogen and oxygen atoms in total. The van der Waals surface area contributed by atoms with Crippen molar-refractivity contribution in [3.63, 3.8) is 0 Å². The smallest absolute Gasteiger partial charge is 0.196 e. The molecule has 0 atom stereocenters. The van der Waals surface area contributed by atoms with Crippen molar-refractivity contribution in [1.82, 2.24) is 29.1 Å². The van der Waals surface area contributed by atoms with Crippen LogP contribution in [0.5, 0.6) is 0 Å². The summed E-state index contributed by atoms with van der Waals surface area (Å²) in [4.78, 5) is 17.9. The molecule has 176 valence electrons. The van der Waals surface area contributed by atoms with E-state index in [2.05, 4.69) is 81.4 Å². The number of hydrogen-bond donors (Lipinski definition) is 0. The summed E-state index contributed by atoms with van der Waals surface area (Å²) in [5.41, 5.74) is 1.77. The van der Waals surface area contributed by atoms with Crippen LogP contribution in [0.3, 0.4) is 0 Å². The van der Waals surface area contributed by atoms with Crippen LogP contribution in [0.2, 0.25) is 13.1 Å². The van der Waals surface area contributed by atoms with Crippen molar-refractivity contribution >= 4 is 65.1 Å². The van der Waals surface area contributed by atoms with Gasteiger partial charge in [-0.3, -0.25) is 0 Å². The molecule has 36 heavy (non-hydrogen) atoms. The van der Waals surface area contributed by atoms with E-state index in [9.17, 15) is 0 Å². The van der Waals surface area contributed by atoms with Gasteiger partial charge in [-0.05, 0) is 0 Å². The number of hydrogen-bond acceptors (Lipinski definition) is 4. The van der Waals surface area contributed by atoms with Gasteiger partial charge in [-0.1, -0.05) is 17.7 Å². The average Bonchev–Trinajstić information content (AvgIpc) is 3.41. The van der Waals surface area contributed by atoms with Crippen LogP contribution in [0.4, 0.5) is 34.6 Å². The number of fused-ring (bicyclic) bond motifs is 2. The maximum Gasteiger partial charge on any atom is 2.00 e. The zero-order chi connectivity index (χ0) is 24.2. The van der Waals surface area contributed by atoms with E-state index >= 15 is 0 Å². The molecule has 2 aliphatic rings. The van der Waals surface area contributed by atoms with Crippen molar-refractivity contribution in [3.8, 4) is 0 Å². The van der Waals surface area contributed by atoms with Crippen molar-refractivity contribution in [2.45, 2.75) is 13.1 Å². The van der Waals surface area contributed by atoms with Gasteiger partial charge in [0.15, 0.2) is 12.4 Å². The molecule has 6 rings (SSSR count). The van der Waals surface area contributed by atoms with Gasteiger partial charge in [-0.15, -0.1) is 38.0 Å². The molecule has 0 fully saturated rings. The zero-order valence-electron chi connectivity index (χ0n) is 20.2. The molecule has 2 aromatic carbocycles. The summed E-state index contributed by atoms with van der Waals surface area (Å²) in [7, 11) is 1.68. The molecule has 2 aliphatic heterocycles. The second-order valence-corrected chi connectivity index (χ2v) is 13.2. The standard InChI is InChI=1S/C26H22N8Si.Pt/c1-31-17-33(25-23(31)27-11-13-29-25)19-7-5-9-21(15-19)35(3,4)22-10-6-8-20(16-22)34-18-32(2)24-26(34)30-14-12-28-24;/h5-14H,1-4H3;/q2*+2. The minimum absolute atomic E-state index is 0. The quantitative estimate of drug-likeness (QED) is 0.190. The number of aromatic nitrogens is 4. The molecule has 0 saturated carbocycles. The Balaban J connectivity index is 0.00000267. The molecule has 0 amide bonds. The third-order valence-electron chi connectivity index (χ3n) is 6.27. The molecule has 0 bridgehead atoms. The molecule has 4 heterocycles. The summed E-state index contributed by atoms with van der Waals surface area (Å²) in [6, 6.07) is 26.4. The topological polar surface area (TPSA) is 63.6 Å². The molecule has 4 aromatic rings. The van der Waals surface area contributed by atoms with E-state index < -0.39 is 8.07 Å². The summed E-state index contributed by atoms with van der Waals surface area (Å²) in [6.45, 7) is 4.62. The van der Waals surface area contributed by atoms with E-state index in [1.807, 2.05) is 44.5 Å². The van der Waals surface area contributed by atoms with E-state index in [0.717, 1.165) is 45.0 Å². The second kappa shape index (κ2) is 9.05. The predicted molar refractivity (Wildman–Crippen MR) is 136 cm³/mol. The molecule has 10 heteroatoms. The van der Waals surface area contributed by atoms with E-state index in [4.69, 9.17) is 0 Å². The molecule has 0 radical (unpaired) electrons. The van der Waals surface area contributed by atoms with Gasteiger partial charge in [0, 0.05) is 9.97 Å². The zero-order valence-corrected chi connectivity index (χ0v) is 23.4. The molecule has 0 unspecified atom stereocenters. The van der Waals surface area contributed by atoms with Crippen molar-refractivity contribution in [2.75, 3.05) is 14.1 Å². The van der Waals surface area contributed by atoms with Crippen molar-refractivity contribution < 1.29 is 30.2 Å². The summed E-state index contributed by atoms with van der Waals surface area (Å²) in [5, 5.41) is 2.33. The Bertz CT molecular complexity index is 1560. The van der Waals surface area contributed by atoms with Crippen molar-refractivity contribution in [3.05, 3.63) is 73.3 Å². The van der Waals surface area contributed by atoms with Gasteiger partial charge in [0.25, 0.3) is 0 Å². The summed E-state index contributed by atoms with van der Waals surface area (Å²) < 4.78 is 7.53. The van der Waals surface area contributed by atoms with Gasteiger partial charge in [0.2, 0.25) is 0 Å². The van der Waals surface area contributed by atoms with E-state index in [1.54, 1.807) is 24.8 Å². The van der Waals surface area contributed by atoms with Gasteiger partial charge < -0.3 is 0 Å². The normalized spacial score (nSPS) is 13.7. The first-order chi connectivity index (χ1) is 16.9. The SMILES string of the molecule is C[N+]1=C=[N+](c2[c-]c([Si](C)(C)c3[c-]c([N+]4=C=[N+](C)c5nccnc54)ccc3)ccc2)c2nccnc21.[Pt+2]. The summed E-state index contributed by atoms with van der Waals surface area (Å²) >= 11 is 0. The molecule has 0 aliphatic carbocycles. The summed E-state index contributed by atoms with van der Waals surface area (Å²) in [5.74, 6) is 3.05. The maximum atomic E-state index is 4.51. The Morgan fingerprint density at radius 2 is 1.03 bits per heavy atom. The van der Waals surface area contributed by atoms with Crippen LogP contribution >= 0.6 is 0 Å². The first-order valence-corrected chi connectivity index (χ1v) is 14.2. The fourth-order valence-electron chi connectivity index (χ4n) is 4.31. The van der Waals surface area contributed by atoms with Crippen LogP contribution in [0.1, 0.15) is 0 Å². The largest absolute Gasteiger partial charge is 2.00 e. The van der Waals surface area contributed by atoms with Gasteiger partial charge in [-0.25, -0.2) is 0 Å². The van der Waals surface area contributed by atoms with Gasteiger partial charge in [0.05, 0.1) is 31.8 Å². The Labute approximate surface area is 224 Å². The van der Waals surface area contributed by atoms with Crippen LogP contribution in [0, 0.1) is 12.1 Å². The molecular formula is C26H22N8PtSi+4. The minimum Gasteiger partial charge on any atom is -0.196 e. The van der Waals surface area contributed by atoms with Crippen molar-refractivity contribution in [1.29, 1.82) is 0 Å². The summed E-state index contributed by atoms with van der Waals surface area (Å²) in [6.07, 6.45) is 6.77. The maximum absolute atomic E-state index is 4.51. The predicted octanol–water partition coefficient (Wildman–Crippen LogP) is 2.28. The monoisotopic (exact) mass is 669 g/mol. The number of rotatable bonds is 4. The molecular weight excluding hydrogens is 648 g/mol. The van der Waals surface area contributed by atoms with E-state index in [1.165, 1.54) is 0 Å². The van der Waals surface area contributed by atoms with E-state index in [0.29, 0.717) is 0 Å². The average molecular weight is 670 g/mol. The molecule has 2 aromatic heterocycles. The number of benzene rings is 2. The fourth-order valence-corrected chi connectivity index (χ4v) is 6.51. The third-order valence-corrected chi connectivity index (χ3v) is 9.54. The van der Waals surface area contributed by atoms with Crippen LogP contribution in [0.25, 0.3) is 0 Å². The Morgan fingerprint density at radius 1 is 0.639 bits per heavy atom. The van der Waals surface area contributed by atoms with Gasteiger partial charge in [0.1, 0.15) is 14.1 Å². The first kappa shape index (κ1) is 24.0. The van der Waals surface area contributed by atoms with Crippen LogP contribution in [-0.2, 0) is 21.1 Å². The third kappa shape index (κ3) is 3.83. The Kier molecular flexibility index (Phi) is 6.03. The Hall–Kier alpha value is -3.73. The first-order valence-electron chi connectivity index (χ1n) is 11.2. The second-order valence-electron chi connectivity index (χ2n) is 8.92. The van der Waals surface area contributed by atoms with E-state index in [-0.39, 0.29) is 21.1 Å². The molecule has 0 spiro atoms. The Morgan fingerprint density at radius 3 is 1.44 bits per heavy atom. The van der Waals surface area contributed by atoms with Crippen LogP contribution < -0.4 is 19.5 Å². The van der Waals surface area contributed by atoms with Crippen LogP contribution in [-0.4, -0.2) is 63.3 Å². The molecule has 0 saturated heterocycles. The van der Waals surface area contributed by atoms with Gasteiger partial charge >= 0.3 is 56.4 Å². The van der Waals surface area contributed by atoms with Crippen molar-refractivity contribution in [2.24, 2.45) is 0 Å². The van der Waals surface area contributed by atoms with Crippen LogP contribution in [0.15, 0.2) is 61.2 Å². The number of nitrogens with zero attached hydrogens (tertiary/aromatic N) is 8.